The van der Waals surface area contributed by atoms with E-state index in [1.807, 2.05) is 0 Å². The smallest absolute Gasteiger partial charge is 0.156 e. The van der Waals surface area contributed by atoms with Crippen LogP contribution in [0, 0.1) is 0 Å². The standard InChI is InChI=1S/C12H19N5S/c1-16-4-2-5-17-11(9-16)7-10(15-17)8-14-12-13-3-6-18-12/h7H,2-6,8-9H2,1H3,(H,13,14). The quantitative estimate of drug-likeness (QED) is 0.863. The van der Waals surface area contributed by atoms with E-state index in [9.17, 15) is 0 Å². The van der Waals surface area contributed by atoms with Crippen molar-refractivity contribution < 1.29 is 0 Å². The van der Waals surface area contributed by atoms with Crippen LogP contribution in [0.25, 0.3) is 0 Å². The molecule has 0 fully saturated rings. The van der Waals surface area contributed by atoms with E-state index >= 15 is 0 Å². The number of hydrogen-bond donors (Lipinski definition) is 1. The highest BCUT2D eigenvalue weighted by atomic mass is 32.2. The highest BCUT2D eigenvalue weighted by Gasteiger charge is 2.14. The molecule has 0 bridgehead atoms. The van der Waals surface area contributed by atoms with Gasteiger partial charge in [0.05, 0.1) is 24.5 Å². The number of aliphatic imine (C=N–C) groups is 1. The van der Waals surface area contributed by atoms with Crippen molar-refractivity contribution in [3.8, 4) is 0 Å². The zero-order valence-electron chi connectivity index (χ0n) is 10.7. The maximum atomic E-state index is 4.67. The highest BCUT2D eigenvalue weighted by Crippen LogP contribution is 2.13. The van der Waals surface area contributed by atoms with Gasteiger partial charge in [-0.15, -0.1) is 0 Å². The van der Waals surface area contributed by atoms with Crippen molar-refractivity contribution in [2.75, 3.05) is 25.9 Å². The third-order valence-electron chi connectivity index (χ3n) is 3.26. The second-order valence-electron chi connectivity index (χ2n) is 4.83. The lowest BCUT2D eigenvalue weighted by atomic mass is 10.3. The Morgan fingerprint density at radius 2 is 2.39 bits per heavy atom. The van der Waals surface area contributed by atoms with Crippen molar-refractivity contribution in [3.05, 3.63) is 17.5 Å². The largest absolute Gasteiger partial charge is 0.359 e. The number of hydrogen-bond acceptors (Lipinski definition) is 5. The maximum absolute atomic E-state index is 4.67. The van der Waals surface area contributed by atoms with Crippen molar-refractivity contribution in [2.24, 2.45) is 4.99 Å². The Labute approximate surface area is 112 Å². The summed E-state index contributed by atoms with van der Waals surface area (Å²) in [6.07, 6.45) is 1.18. The second-order valence-corrected chi connectivity index (χ2v) is 5.91. The van der Waals surface area contributed by atoms with Crippen LogP contribution in [-0.2, 0) is 19.6 Å². The summed E-state index contributed by atoms with van der Waals surface area (Å²) in [7, 11) is 2.17. The lowest BCUT2D eigenvalue weighted by Crippen LogP contribution is -2.19. The maximum Gasteiger partial charge on any atom is 0.156 e. The molecule has 0 radical (unpaired) electrons. The zero-order chi connectivity index (χ0) is 12.4. The first-order valence-corrected chi connectivity index (χ1v) is 7.45. The van der Waals surface area contributed by atoms with E-state index in [4.69, 9.17) is 0 Å². The van der Waals surface area contributed by atoms with E-state index in [0.29, 0.717) is 0 Å². The van der Waals surface area contributed by atoms with Gasteiger partial charge in [0.15, 0.2) is 5.17 Å². The molecule has 1 aromatic rings. The predicted molar refractivity (Wildman–Crippen MR) is 74.8 cm³/mol. The molecule has 0 unspecified atom stereocenters. The second kappa shape index (κ2) is 5.32. The predicted octanol–water partition coefficient (Wildman–Crippen LogP) is 0.911. The SMILES string of the molecule is CN1CCCn2nc(CNC3=NCCS3)cc2C1. The van der Waals surface area contributed by atoms with E-state index in [2.05, 4.69) is 38.1 Å². The molecule has 5 nitrogen and oxygen atoms in total. The molecule has 2 aliphatic heterocycles. The molecule has 0 spiro atoms. The lowest BCUT2D eigenvalue weighted by Gasteiger charge is -2.10. The number of nitrogens with one attached hydrogen (secondary N) is 1. The van der Waals surface area contributed by atoms with E-state index in [1.54, 1.807) is 11.8 Å². The summed E-state index contributed by atoms with van der Waals surface area (Å²) >= 11 is 1.80. The number of amidine groups is 1. The fraction of sp³-hybridized carbons (Fsp3) is 0.667. The number of aryl methyl sites for hydroxylation is 1. The van der Waals surface area contributed by atoms with Crippen molar-refractivity contribution in [2.45, 2.75) is 26.1 Å². The number of fused-ring (bicyclic) bond motifs is 1. The van der Waals surface area contributed by atoms with Crippen LogP contribution in [0.1, 0.15) is 17.8 Å². The molecule has 0 aliphatic carbocycles. The van der Waals surface area contributed by atoms with Crippen LogP contribution >= 0.6 is 11.8 Å². The van der Waals surface area contributed by atoms with Gasteiger partial charge in [-0.3, -0.25) is 9.67 Å². The van der Waals surface area contributed by atoms with Crippen LogP contribution in [0.3, 0.4) is 0 Å². The van der Waals surface area contributed by atoms with Gasteiger partial charge in [0, 0.05) is 25.4 Å². The Balaban J connectivity index is 1.65. The Bertz CT molecular complexity index is 453. The zero-order valence-corrected chi connectivity index (χ0v) is 11.5. The number of aromatic nitrogens is 2. The topological polar surface area (TPSA) is 45.5 Å². The van der Waals surface area contributed by atoms with Crippen molar-refractivity contribution in [1.29, 1.82) is 0 Å². The average Bonchev–Trinajstić information content (AvgIpc) is 2.94. The summed E-state index contributed by atoms with van der Waals surface area (Å²) in [5.74, 6) is 1.10. The van der Waals surface area contributed by atoms with Gasteiger partial charge >= 0.3 is 0 Å². The highest BCUT2D eigenvalue weighted by molar-refractivity contribution is 8.14. The van der Waals surface area contributed by atoms with Gasteiger partial charge < -0.3 is 10.2 Å². The van der Waals surface area contributed by atoms with Crippen LogP contribution in [0.5, 0.6) is 0 Å². The van der Waals surface area contributed by atoms with Crippen molar-refractivity contribution >= 4 is 16.9 Å². The fourth-order valence-electron chi connectivity index (χ4n) is 2.38. The van der Waals surface area contributed by atoms with Crippen LogP contribution in [0.2, 0.25) is 0 Å². The summed E-state index contributed by atoms with van der Waals surface area (Å²) in [4.78, 5) is 6.74. The van der Waals surface area contributed by atoms with Gasteiger partial charge in [-0.2, -0.15) is 5.10 Å². The van der Waals surface area contributed by atoms with E-state index in [-0.39, 0.29) is 0 Å². The van der Waals surface area contributed by atoms with Gasteiger partial charge in [0.25, 0.3) is 0 Å². The first kappa shape index (κ1) is 12.0. The summed E-state index contributed by atoms with van der Waals surface area (Å²) in [5.41, 5.74) is 2.45. The molecule has 98 valence electrons. The summed E-state index contributed by atoms with van der Waals surface area (Å²) < 4.78 is 2.16. The molecule has 3 rings (SSSR count). The van der Waals surface area contributed by atoms with Gasteiger partial charge in [0.1, 0.15) is 0 Å². The Hall–Kier alpha value is -1.01. The molecule has 0 saturated heterocycles. The Morgan fingerprint density at radius 3 is 3.22 bits per heavy atom. The summed E-state index contributed by atoms with van der Waals surface area (Å²) in [6.45, 7) is 4.93. The molecule has 0 saturated carbocycles. The molecule has 2 aliphatic rings. The van der Waals surface area contributed by atoms with E-state index in [1.165, 1.54) is 12.1 Å². The van der Waals surface area contributed by atoms with Crippen LogP contribution in [0.4, 0.5) is 0 Å². The minimum atomic E-state index is 0.787. The van der Waals surface area contributed by atoms with E-state index < -0.39 is 0 Å². The molecular formula is C12H19N5S. The number of nitrogens with zero attached hydrogens (tertiary/aromatic N) is 4. The molecule has 1 N–H and O–H groups in total. The van der Waals surface area contributed by atoms with Crippen LogP contribution in [0.15, 0.2) is 11.1 Å². The third-order valence-corrected chi connectivity index (χ3v) is 4.20. The van der Waals surface area contributed by atoms with Crippen LogP contribution < -0.4 is 5.32 Å². The van der Waals surface area contributed by atoms with Crippen molar-refractivity contribution in [1.82, 2.24) is 20.0 Å². The molecule has 0 aromatic carbocycles. The molecule has 18 heavy (non-hydrogen) atoms. The molecule has 0 amide bonds. The van der Waals surface area contributed by atoms with Gasteiger partial charge in [-0.25, -0.2) is 0 Å². The first-order chi connectivity index (χ1) is 8.81. The van der Waals surface area contributed by atoms with Crippen LogP contribution in [-0.4, -0.2) is 45.7 Å². The molecule has 3 heterocycles. The first-order valence-electron chi connectivity index (χ1n) is 6.46. The summed E-state index contributed by atoms with van der Waals surface area (Å²) in [5, 5.41) is 9.09. The van der Waals surface area contributed by atoms with Gasteiger partial charge in [0.2, 0.25) is 0 Å². The number of thioether (sulfide) groups is 1. The van der Waals surface area contributed by atoms with E-state index in [0.717, 1.165) is 49.3 Å². The lowest BCUT2D eigenvalue weighted by molar-refractivity contribution is 0.332. The molecule has 0 atom stereocenters. The minimum Gasteiger partial charge on any atom is -0.359 e. The normalized spacial score (nSPS) is 20.4. The Morgan fingerprint density at radius 1 is 1.44 bits per heavy atom. The number of rotatable bonds is 2. The summed E-state index contributed by atoms with van der Waals surface area (Å²) in [6, 6.07) is 2.22. The molecule has 6 heteroatoms. The third kappa shape index (κ3) is 2.70. The molecular weight excluding hydrogens is 246 g/mol. The average molecular weight is 265 g/mol. The fourth-order valence-corrected chi connectivity index (χ4v) is 3.11. The molecule has 1 aromatic heterocycles. The monoisotopic (exact) mass is 265 g/mol. The van der Waals surface area contributed by atoms with Gasteiger partial charge in [-0.05, 0) is 19.5 Å². The van der Waals surface area contributed by atoms with Gasteiger partial charge in [-0.1, -0.05) is 11.8 Å². The minimum absolute atomic E-state index is 0.787. The van der Waals surface area contributed by atoms with Crippen molar-refractivity contribution in [3.63, 3.8) is 0 Å². The Kier molecular flexibility index (Phi) is 3.56.